The highest BCUT2D eigenvalue weighted by molar-refractivity contribution is 5.95. The molecule has 27 heavy (non-hydrogen) atoms. The average molecular weight is 355 g/mol. The van der Waals surface area contributed by atoms with Crippen molar-refractivity contribution in [3.8, 4) is 0 Å². The Labute approximate surface area is 161 Å². The van der Waals surface area contributed by atoms with Gasteiger partial charge in [0.05, 0.1) is 6.04 Å². The van der Waals surface area contributed by atoms with E-state index >= 15 is 0 Å². The molecule has 2 atom stereocenters. The van der Waals surface area contributed by atoms with Gasteiger partial charge in [-0.15, -0.1) is 0 Å². The number of aliphatic imine (C=N–C) groups is 1. The summed E-state index contributed by atoms with van der Waals surface area (Å²) in [5.74, 6) is 0.756. The van der Waals surface area contributed by atoms with Gasteiger partial charge in [-0.2, -0.15) is 0 Å². The zero-order chi connectivity index (χ0) is 18.5. The Bertz CT molecular complexity index is 889. The summed E-state index contributed by atoms with van der Waals surface area (Å²) in [6.07, 6.45) is 2.94. The third kappa shape index (κ3) is 4.11. The van der Waals surface area contributed by atoms with Gasteiger partial charge in [-0.25, -0.2) is 4.99 Å². The van der Waals surface area contributed by atoms with E-state index in [1.807, 2.05) is 18.2 Å². The van der Waals surface area contributed by atoms with E-state index in [2.05, 4.69) is 79.7 Å². The van der Waals surface area contributed by atoms with Crippen LogP contribution in [0.15, 0.2) is 96.0 Å². The molecule has 0 saturated heterocycles. The molecule has 136 valence electrons. The van der Waals surface area contributed by atoms with E-state index in [1.54, 1.807) is 0 Å². The summed E-state index contributed by atoms with van der Waals surface area (Å²) in [7, 11) is 0. The van der Waals surface area contributed by atoms with E-state index in [-0.39, 0.29) is 11.6 Å². The molecule has 0 saturated carbocycles. The summed E-state index contributed by atoms with van der Waals surface area (Å²) >= 11 is 0. The van der Waals surface area contributed by atoms with Crippen molar-refractivity contribution in [2.45, 2.75) is 37.8 Å². The number of nitrogens with zero attached hydrogens (tertiary/aromatic N) is 1. The Morgan fingerprint density at radius 2 is 1.44 bits per heavy atom. The third-order valence-corrected chi connectivity index (χ3v) is 5.26. The zero-order valence-corrected chi connectivity index (χ0v) is 15.7. The molecule has 0 fully saturated rings. The van der Waals surface area contributed by atoms with Gasteiger partial charge < -0.3 is 4.74 Å². The molecule has 0 radical (unpaired) electrons. The fraction of sp³-hybridized carbons (Fsp3) is 0.240. The van der Waals surface area contributed by atoms with Gasteiger partial charge in [-0.1, -0.05) is 78.9 Å². The van der Waals surface area contributed by atoms with Gasteiger partial charge in [-0.3, -0.25) is 0 Å². The second-order valence-corrected chi connectivity index (χ2v) is 7.38. The molecule has 3 aromatic rings. The van der Waals surface area contributed by atoms with Crippen molar-refractivity contribution in [1.29, 1.82) is 0 Å². The second-order valence-electron chi connectivity index (χ2n) is 7.38. The van der Waals surface area contributed by atoms with Crippen LogP contribution in [0.5, 0.6) is 0 Å². The first-order chi connectivity index (χ1) is 13.2. The number of hydrogen-bond donors (Lipinski definition) is 0. The number of benzene rings is 3. The number of hydrogen-bond acceptors (Lipinski definition) is 2. The van der Waals surface area contributed by atoms with E-state index in [0.29, 0.717) is 0 Å². The first kappa shape index (κ1) is 17.5. The number of ether oxygens (including phenoxy) is 1. The van der Waals surface area contributed by atoms with Crippen molar-refractivity contribution in [2.75, 3.05) is 0 Å². The van der Waals surface area contributed by atoms with Crippen molar-refractivity contribution in [3.05, 3.63) is 108 Å². The first-order valence-corrected chi connectivity index (χ1v) is 9.65. The van der Waals surface area contributed by atoms with Gasteiger partial charge in [0.2, 0.25) is 5.90 Å². The van der Waals surface area contributed by atoms with Crippen LogP contribution in [-0.4, -0.2) is 11.9 Å². The lowest BCUT2D eigenvalue weighted by atomic mass is 9.86. The Kier molecular flexibility index (Phi) is 5.06. The average Bonchev–Trinajstić information content (AvgIpc) is 2.74. The van der Waals surface area contributed by atoms with E-state index in [0.717, 1.165) is 30.7 Å². The molecule has 1 heterocycles. The largest absolute Gasteiger partial charge is 0.466 e. The molecule has 0 aromatic heterocycles. The van der Waals surface area contributed by atoms with E-state index in [1.165, 1.54) is 11.1 Å². The quantitative estimate of drug-likeness (QED) is 0.569. The van der Waals surface area contributed by atoms with Crippen molar-refractivity contribution < 1.29 is 4.74 Å². The number of rotatable bonds is 5. The summed E-state index contributed by atoms with van der Waals surface area (Å²) in [4.78, 5) is 4.98. The minimum Gasteiger partial charge on any atom is -0.466 e. The smallest absolute Gasteiger partial charge is 0.217 e. The Morgan fingerprint density at radius 3 is 2.11 bits per heavy atom. The van der Waals surface area contributed by atoms with Gasteiger partial charge in [0.1, 0.15) is 5.60 Å². The molecule has 3 aromatic carbocycles. The van der Waals surface area contributed by atoms with Gasteiger partial charge in [0.15, 0.2) is 0 Å². The molecule has 1 aliphatic rings. The predicted octanol–water partition coefficient (Wildman–Crippen LogP) is 5.77. The third-order valence-electron chi connectivity index (χ3n) is 5.26. The minimum absolute atomic E-state index is 0.236. The summed E-state index contributed by atoms with van der Waals surface area (Å²) < 4.78 is 6.48. The van der Waals surface area contributed by atoms with Crippen molar-refractivity contribution in [3.63, 3.8) is 0 Å². The maximum absolute atomic E-state index is 6.48. The van der Waals surface area contributed by atoms with Gasteiger partial charge in [-0.05, 0) is 43.0 Å². The molecule has 0 N–H and O–H groups in total. The topological polar surface area (TPSA) is 21.6 Å². The molecule has 4 rings (SSSR count). The minimum atomic E-state index is -0.366. The molecule has 0 spiro atoms. The normalized spacial score (nSPS) is 22.0. The predicted molar refractivity (Wildman–Crippen MR) is 111 cm³/mol. The summed E-state index contributed by atoms with van der Waals surface area (Å²) in [5.41, 5.74) is 3.25. The van der Waals surface area contributed by atoms with Crippen LogP contribution >= 0.6 is 0 Å². The molecule has 0 amide bonds. The Balaban J connectivity index is 1.62. The van der Waals surface area contributed by atoms with Gasteiger partial charge in [0.25, 0.3) is 0 Å². The van der Waals surface area contributed by atoms with Crippen LogP contribution in [-0.2, 0) is 16.8 Å². The molecule has 0 unspecified atom stereocenters. The van der Waals surface area contributed by atoms with E-state index < -0.39 is 0 Å². The highest BCUT2D eigenvalue weighted by atomic mass is 16.5. The van der Waals surface area contributed by atoms with Crippen molar-refractivity contribution in [1.82, 2.24) is 0 Å². The van der Waals surface area contributed by atoms with Crippen LogP contribution in [0.25, 0.3) is 0 Å². The molecular weight excluding hydrogens is 330 g/mol. The standard InChI is InChI=1S/C25H25NO/c1-25(22-15-9-4-10-16-22)19-23(18-17-20-11-5-2-6-12-20)26-24(27-25)21-13-7-3-8-14-21/h2-16,23H,17-19H2,1H3/t23-,25-/m1/s1. The van der Waals surface area contributed by atoms with Crippen LogP contribution in [0.2, 0.25) is 0 Å². The zero-order valence-electron chi connectivity index (χ0n) is 15.7. The Morgan fingerprint density at radius 1 is 0.852 bits per heavy atom. The number of aryl methyl sites for hydroxylation is 1. The lowest BCUT2D eigenvalue weighted by Crippen LogP contribution is -2.38. The Hall–Kier alpha value is -2.87. The molecule has 1 aliphatic heterocycles. The van der Waals surface area contributed by atoms with Gasteiger partial charge >= 0.3 is 0 Å². The second kappa shape index (κ2) is 7.79. The molecular formula is C25H25NO. The highest BCUT2D eigenvalue weighted by Crippen LogP contribution is 2.37. The van der Waals surface area contributed by atoms with Crippen LogP contribution in [0, 0.1) is 0 Å². The van der Waals surface area contributed by atoms with Crippen LogP contribution in [0.3, 0.4) is 0 Å². The highest BCUT2D eigenvalue weighted by Gasteiger charge is 2.37. The van der Waals surface area contributed by atoms with Crippen molar-refractivity contribution in [2.24, 2.45) is 4.99 Å². The molecule has 0 bridgehead atoms. The maximum Gasteiger partial charge on any atom is 0.217 e. The maximum atomic E-state index is 6.48. The summed E-state index contributed by atoms with van der Waals surface area (Å²) in [6, 6.07) is 31.7. The SMILES string of the molecule is C[C@]1(c2ccccc2)C[C@@H](CCc2ccccc2)N=C(c2ccccc2)O1. The first-order valence-electron chi connectivity index (χ1n) is 9.65. The lowest BCUT2D eigenvalue weighted by molar-refractivity contribution is 0.0403. The lowest BCUT2D eigenvalue weighted by Gasteiger charge is -2.38. The van der Waals surface area contributed by atoms with Crippen molar-refractivity contribution >= 4 is 5.90 Å². The monoisotopic (exact) mass is 355 g/mol. The van der Waals surface area contributed by atoms with E-state index in [4.69, 9.17) is 9.73 Å². The fourth-order valence-electron chi connectivity index (χ4n) is 3.77. The molecule has 2 nitrogen and oxygen atoms in total. The summed E-state index contributed by atoms with van der Waals surface area (Å²) in [6.45, 7) is 2.19. The fourth-order valence-corrected chi connectivity index (χ4v) is 3.77. The van der Waals surface area contributed by atoms with Crippen LogP contribution in [0.1, 0.15) is 36.5 Å². The van der Waals surface area contributed by atoms with E-state index in [9.17, 15) is 0 Å². The van der Waals surface area contributed by atoms with Gasteiger partial charge in [0, 0.05) is 12.0 Å². The van der Waals surface area contributed by atoms with Crippen LogP contribution in [0.4, 0.5) is 0 Å². The summed E-state index contributed by atoms with van der Waals surface area (Å²) in [5, 5.41) is 0. The molecule has 2 heteroatoms. The van der Waals surface area contributed by atoms with Crippen LogP contribution < -0.4 is 0 Å². The molecule has 0 aliphatic carbocycles.